The van der Waals surface area contributed by atoms with Gasteiger partial charge in [-0.3, -0.25) is 4.79 Å². The van der Waals surface area contributed by atoms with Crippen LogP contribution >= 0.6 is 11.3 Å². The summed E-state index contributed by atoms with van der Waals surface area (Å²) in [5.41, 5.74) is 3.55. The van der Waals surface area contributed by atoms with Crippen LogP contribution in [0.4, 0.5) is 5.00 Å². The van der Waals surface area contributed by atoms with Gasteiger partial charge < -0.3 is 10.6 Å². The predicted molar refractivity (Wildman–Crippen MR) is 80.4 cm³/mol. The van der Waals surface area contributed by atoms with Gasteiger partial charge in [-0.1, -0.05) is 6.58 Å². The van der Waals surface area contributed by atoms with Crippen LogP contribution < -0.4 is 10.6 Å². The van der Waals surface area contributed by atoms with Gasteiger partial charge >= 0.3 is 0 Å². The molecule has 0 aliphatic heterocycles. The Morgan fingerprint density at radius 1 is 1.37 bits per heavy atom. The van der Waals surface area contributed by atoms with Gasteiger partial charge in [0.25, 0.3) is 0 Å². The molecule has 2 aliphatic carbocycles. The van der Waals surface area contributed by atoms with E-state index < -0.39 is 0 Å². The molecular formula is C15H20N2OS. The molecule has 1 aromatic rings. The van der Waals surface area contributed by atoms with Crippen LogP contribution in [0.15, 0.2) is 6.58 Å². The molecule has 0 atom stereocenters. The third-order valence-corrected chi connectivity index (χ3v) is 5.19. The highest BCUT2D eigenvalue weighted by molar-refractivity contribution is 7.16. The van der Waals surface area contributed by atoms with Crippen molar-refractivity contribution in [2.45, 2.75) is 38.5 Å². The zero-order chi connectivity index (χ0) is 13.2. The second-order valence-corrected chi connectivity index (χ2v) is 6.59. The summed E-state index contributed by atoms with van der Waals surface area (Å²) in [6.07, 6.45) is 8.20. The van der Waals surface area contributed by atoms with Crippen LogP contribution in [0, 0.1) is 5.92 Å². The average molecular weight is 276 g/mol. The molecular weight excluding hydrogens is 256 g/mol. The standard InChI is InChI=1S/C15H20N2OS/c1-10(16-8-11-6-7-11)14-12-4-2-3-5-13(12)19-15(14)17-9-18/h9,11,16H,1-8H2,(H,17,18). The van der Waals surface area contributed by atoms with Crippen molar-refractivity contribution in [2.24, 2.45) is 5.92 Å². The molecule has 19 heavy (non-hydrogen) atoms. The number of thiophene rings is 1. The van der Waals surface area contributed by atoms with Gasteiger partial charge in [0.1, 0.15) is 5.00 Å². The summed E-state index contributed by atoms with van der Waals surface area (Å²) in [7, 11) is 0. The first-order valence-electron chi connectivity index (χ1n) is 7.07. The lowest BCUT2D eigenvalue weighted by Gasteiger charge is -2.15. The summed E-state index contributed by atoms with van der Waals surface area (Å²) in [5.74, 6) is 0.827. The number of fused-ring (bicyclic) bond motifs is 1. The molecule has 1 heterocycles. The number of aryl methyl sites for hydroxylation is 1. The molecule has 0 aromatic carbocycles. The van der Waals surface area contributed by atoms with E-state index in [0.29, 0.717) is 0 Å². The monoisotopic (exact) mass is 276 g/mol. The van der Waals surface area contributed by atoms with Crippen LogP contribution in [0.2, 0.25) is 0 Å². The smallest absolute Gasteiger partial charge is 0.212 e. The Morgan fingerprint density at radius 3 is 2.89 bits per heavy atom. The highest BCUT2D eigenvalue weighted by atomic mass is 32.1. The van der Waals surface area contributed by atoms with Crippen LogP contribution in [-0.4, -0.2) is 13.0 Å². The molecule has 1 aromatic heterocycles. The number of carbonyl (C=O) groups is 1. The number of rotatable bonds is 6. The summed E-state index contributed by atoms with van der Waals surface area (Å²) >= 11 is 1.72. The molecule has 3 nitrogen and oxygen atoms in total. The highest BCUT2D eigenvalue weighted by Gasteiger charge is 2.24. The van der Waals surface area contributed by atoms with Gasteiger partial charge in [-0.25, -0.2) is 0 Å². The molecule has 1 saturated carbocycles. The van der Waals surface area contributed by atoms with Gasteiger partial charge in [0.2, 0.25) is 6.41 Å². The van der Waals surface area contributed by atoms with E-state index in [1.54, 1.807) is 11.3 Å². The van der Waals surface area contributed by atoms with Gasteiger partial charge in [-0.2, -0.15) is 0 Å². The zero-order valence-electron chi connectivity index (χ0n) is 11.1. The van der Waals surface area contributed by atoms with Crippen molar-refractivity contribution in [3.8, 4) is 0 Å². The predicted octanol–water partition coefficient (Wildman–Crippen LogP) is 3.17. The van der Waals surface area contributed by atoms with Crippen molar-refractivity contribution in [2.75, 3.05) is 11.9 Å². The number of hydrogen-bond donors (Lipinski definition) is 2. The molecule has 1 amide bonds. The zero-order valence-corrected chi connectivity index (χ0v) is 11.9. The molecule has 2 aliphatic rings. The van der Waals surface area contributed by atoms with E-state index in [1.807, 2.05) is 0 Å². The third-order valence-electron chi connectivity index (χ3n) is 3.96. The van der Waals surface area contributed by atoms with E-state index in [4.69, 9.17) is 0 Å². The number of anilines is 1. The second-order valence-electron chi connectivity index (χ2n) is 5.48. The summed E-state index contributed by atoms with van der Waals surface area (Å²) in [6.45, 7) is 5.21. The third kappa shape index (κ3) is 2.68. The van der Waals surface area contributed by atoms with E-state index in [2.05, 4.69) is 17.2 Å². The number of amides is 1. The van der Waals surface area contributed by atoms with E-state index >= 15 is 0 Å². The molecule has 3 rings (SSSR count). The Hall–Kier alpha value is -1.29. The summed E-state index contributed by atoms with van der Waals surface area (Å²) < 4.78 is 0. The van der Waals surface area contributed by atoms with Crippen molar-refractivity contribution in [1.29, 1.82) is 0 Å². The first kappa shape index (κ1) is 12.7. The van der Waals surface area contributed by atoms with Gasteiger partial charge in [0.05, 0.1) is 0 Å². The number of carbonyl (C=O) groups excluding carboxylic acids is 1. The van der Waals surface area contributed by atoms with E-state index in [0.717, 1.165) is 48.0 Å². The number of hydrogen-bond acceptors (Lipinski definition) is 3. The van der Waals surface area contributed by atoms with Crippen molar-refractivity contribution in [3.05, 3.63) is 22.6 Å². The van der Waals surface area contributed by atoms with Crippen LogP contribution in [-0.2, 0) is 17.6 Å². The minimum Gasteiger partial charge on any atom is -0.385 e. The molecule has 0 bridgehead atoms. The molecule has 0 radical (unpaired) electrons. The molecule has 1 fully saturated rings. The molecule has 4 heteroatoms. The highest BCUT2D eigenvalue weighted by Crippen LogP contribution is 2.40. The van der Waals surface area contributed by atoms with Gasteiger partial charge in [0.15, 0.2) is 0 Å². The van der Waals surface area contributed by atoms with Crippen molar-refractivity contribution in [3.63, 3.8) is 0 Å². The first-order valence-corrected chi connectivity index (χ1v) is 7.89. The molecule has 102 valence electrons. The Kier molecular flexibility index (Phi) is 3.60. The largest absolute Gasteiger partial charge is 0.385 e. The molecule has 0 unspecified atom stereocenters. The van der Waals surface area contributed by atoms with Crippen molar-refractivity contribution in [1.82, 2.24) is 5.32 Å². The van der Waals surface area contributed by atoms with Crippen molar-refractivity contribution < 1.29 is 4.79 Å². The van der Waals surface area contributed by atoms with Gasteiger partial charge in [0, 0.05) is 22.7 Å². The summed E-state index contributed by atoms with van der Waals surface area (Å²) in [4.78, 5) is 12.2. The Balaban J connectivity index is 1.85. The summed E-state index contributed by atoms with van der Waals surface area (Å²) in [5, 5.41) is 7.27. The maximum Gasteiger partial charge on any atom is 0.212 e. The van der Waals surface area contributed by atoms with Crippen LogP contribution in [0.1, 0.15) is 41.7 Å². The lowest BCUT2D eigenvalue weighted by atomic mass is 9.94. The normalized spacial score (nSPS) is 17.7. The SMILES string of the molecule is C=C(NCC1CC1)c1c(NC=O)sc2c1CCCC2. The average Bonchev–Trinajstić information content (AvgIpc) is 3.17. The fourth-order valence-electron chi connectivity index (χ4n) is 2.72. The van der Waals surface area contributed by atoms with E-state index in [1.165, 1.54) is 36.1 Å². The maximum absolute atomic E-state index is 10.8. The fraction of sp³-hybridized carbons (Fsp3) is 0.533. The minimum atomic E-state index is 0.773. The fourth-order valence-corrected chi connectivity index (χ4v) is 3.99. The first-order chi connectivity index (χ1) is 9.29. The molecule has 0 spiro atoms. The summed E-state index contributed by atoms with van der Waals surface area (Å²) in [6, 6.07) is 0. The second kappa shape index (κ2) is 5.37. The van der Waals surface area contributed by atoms with Crippen LogP contribution in [0.5, 0.6) is 0 Å². The van der Waals surface area contributed by atoms with E-state index in [-0.39, 0.29) is 0 Å². The maximum atomic E-state index is 10.8. The van der Waals surface area contributed by atoms with Crippen LogP contribution in [0.25, 0.3) is 5.70 Å². The van der Waals surface area contributed by atoms with E-state index in [9.17, 15) is 4.79 Å². The lowest BCUT2D eigenvalue weighted by molar-refractivity contribution is -0.105. The molecule has 0 saturated heterocycles. The van der Waals surface area contributed by atoms with Gasteiger partial charge in [-0.05, 0) is 50.0 Å². The quantitative estimate of drug-likeness (QED) is 0.784. The Labute approximate surface area is 118 Å². The van der Waals surface area contributed by atoms with Gasteiger partial charge in [-0.15, -0.1) is 11.3 Å². The topological polar surface area (TPSA) is 41.1 Å². The van der Waals surface area contributed by atoms with Crippen LogP contribution in [0.3, 0.4) is 0 Å². The number of nitrogens with one attached hydrogen (secondary N) is 2. The lowest BCUT2D eigenvalue weighted by Crippen LogP contribution is -2.16. The Bertz CT molecular complexity index is 502. The Morgan fingerprint density at radius 2 is 2.16 bits per heavy atom. The van der Waals surface area contributed by atoms with Crippen molar-refractivity contribution >= 4 is 28.4 Å². The minimum absolute atomic E-state index is 0.773. The molecule has 2 N–H and O–H groups in total.